The van der Waals surface area contributed by atoms with Crippen molar-refractivity contribution in [1.29, 1.82) is 0 Å². The highest BCUT2D eigenvalue weighted by Crippen LogP contribution is 2.19. The topological polar surface area (TPSA) is 104 Å². The smallest absolute Gasteiger partial charge is 0.328 e. The molecule has 2 aromatic rings. The second-order valence-corrected chi connectivity index (χ2v) is 7.48. The van der Waals surface area contributed by atoms with E-state index in [4.69, 9.17) is 5.11 Å². The fourth-order valence-corrected chi connectivity index (χ4v) is 3.31. The number of hydrogen-bond acceptors (Lipinski definition) is 4. The molecular formula is C18H18N2O5S. The summed E-state index contributed by atoms with van der Waals surface area (Å²) >= 11 is 0. The third-order valence-corrected chi connectivity index (χ3v) is 5.27. The van der Waals surface area contributed by atoms with Crippen LogP contribution >= 0.6 is 0 Å². The normalized spacial score (nSPS) is 11.6. The minimum absolute atomic E-state index is 0.0926. The molecule has 2 N–H and O–H groups in total. The Labute approximate surface area is 151 Å². The molecule has 0 aromatic heterocycles. The first-order chi connectivity index (χ1) is 12.3. The van der Waals surface area contributed by atoms with Crippen molar-refractivity contribution in [1.82, 2.24) is 4.31 Å². The summed E-state index contributed by atoms with van der Waals surface area (Å²) in [5, 5.41) is 10.9. The zero-order valence-electron chi connectivity index (χ0n) is 14.0. The van der Waals surface area contributed by atoms with Crippen molar-refractivity contribution in [2.24, 2.45) is 0 Å². The molecule has 2 rings (SSSR count). The van der Waals surface area contributed by atoms with Crippen LogP contribution in [0.3, 0.4) is 0 Å². The Kier molecular flexibility index (Phi) is 6.26. The highest BCUT2D eigenvalue weighted by atomic mass is 32.2. The van der Waals surface area contributed by atoms with E-state index in [9.17, 15) is 18.0 Å². The first kappa shape index (κ1) is 19.4. The lowest BCUT2D eigenvalue weighted by Crippen LogP contribution is -2.26. The lowest BCUT2D eigenvalue weighted by atomic mass is 10.2. The summed E-state index contributed by atoms with van der Waals surface area (Å²) in [4.78, 5) is 22.0. The van der Waals surface area contributed by atoms with Crippen LogP contribution < -0.4 is 5.32 Å². The Hall–Kier alpha value is -2.97. The van der Waals surface area contributed by atoms with Crippen LogP contribution in [0.5, 0.6) is 0 Å². The zero-order valence-corrected chi connectivity index (χ0v) is 14.8. The highest BCUT2D eigenvalue weighted by Gasteiger charge is 2.20. The van der Waals surface area contributed by atoms with Gasteiger partial charge in [-0.25, -0.2) is 13.2 Å². The van der Waals surface area contributed by atoms with E-state index in [0.717, 1.165) is 11.6 Å². The number of anilines is 1. The van der Waals surface area contributed by atoms with Gasteiger partial charge in [0.05, 0.1) is 4.90 Å². The number of hydrogen-bond donors (Lipinski definition) is 2. The predicted molar refractivity (Wildman–Crippen MR) is 96.9 cm³/mol. The van der Waals surface area contributed by atoms with Gasteiger partial charge >= 0.3 is 5.97 Å². The number of rotatable bonds is 7. The fraction of sp³-hybridized carbons (Fsp3) is 0.111. The molecule has 0 saturated carbocycles. The van der Waals surface area contributed by atoms with Crippen molar-refractivity contribution >= 4 is 27.6 Å². The molecule has 0 aliphatic carbocycles. The van der Waals surface area contributed by atoms with E-state index >= 15 is 0 Å². The zero-order chi connectivity index (χ0) is 19.2. The second-order valence-electron chi connectivity index (χ2n) is 5.43. The number of nitrogens with one attached hydrogen (secondary N) is 1. The van der Waals surface area contributed by atoms with Gasteiger partial charge in [0.1, 0.15) is 0 Å². The highest BCUT2D eigenvalue weighted by molar-refractivity contribution is 7.89. The molecule has 7 nitrogen and oxygen atoms in total. The molecule has 0 aliphatic heterocycles. The summed E-state index contributed by atoms with van der Waals surface area (Å²) in [5.41, 5.74) is 1.22. The minimum atomic E-state index is -3.67. The molecule has 0 spiro atoms. The maximum atomic E-state index is 12.6. The van der Waals surface area contributed by atoms with Gasteiger partial charge in [-0.2, -0.15) is 4.31 Å². The van der Waals surface area contributed by atoms with Gasteiger partial charge in [0.2, 0.25) is 15.9 Å². The average Bonchev–Trinajstić information content (AvgIpc) is 2.61. The summed E-state index contributed by atoms with van der Waals surface area (Å²) in [6, 6.07) is 14.9. The van der Waals surface area contributed by atoms with Gasteiger partial charge in [-0.1, -0.05) is 30.3 Å². The Morgan fingerprint density at radius 1 is 1.04 bits per heavy atom. The summed E-state index contributed by atoms with van der Waals surface area (Å²) < 4.78 is 26.5. The molecule has 8 heteroatoms. The van der Waals surface area contributed by atoms with E-state index < -0.39 is 21.9 Å². The van der Waals surface area contributed by atoms with Gasteiger partial charge in [-0.3, -0.25) is 4.79 Å². The molecule has 0 atom stereocenters. The molecule has 0 saturated heterocycles. The third kappa shape index (κ3) is 5.27. The maximum Gasteiger partial charge on any atom is 0.328 e. The standard InChI is InChI=1S/C18H18N2O5S/c1-20(13-14-5-3-2-4-6-14)26(24,25)16-9-7-15(8-10-16)19-17(21)11-12-18(22)23/h2-12H,13H2,1H3,(H,19,21)(H,22,23). The SMILES string of the molecule is CN(Cc1ccccc1)S(=O)(=O)c1ccc(NC(=O)C=CC(=O)O)cc1. The van der Waals surface area contributed by atoms with Crippen molar-refractivity contribution < 1.29 is 23.1 Å². The number of carboxylic acid groups (broad SMARTS) is 1. The molecule has 0 aliphatic rings. The van der Waals surface area contributed by atoms with Crippen LogP contribution in [0.2, 0.25) is 0 Å². The first-order valence-corrected chi connectivity index (χ1v) is 9.05. The molecule has 0 bridgehead atoms. The Balaban J connectivity index is 2.08. The quantitative estimate of drug-likeness (QED) is 0.722. The fourth-order valence-electron chi connectivity index (χ4n) is 2.15. The van der Waals surface area contributed by atoms with Crippen molar-refractivity contribution in [3.05, 3.63) is 72.3 Å². The van der Waals surface area contributed by atoms with Crippen LogP contribution in [0.15, 0.2) is 71.6 Å². The summed E-state index contributed by atoms with van der Waals surface area (Å²) in [5.74, 6) is -1.85. The second kappa shape index (κ2) is 8.41. The molecule has 1 amide bonds. The molecule has 0 unspecified atom stereocenters. The maximum absolute atomic E-state index is 12.6. The van der Waals surface area contributed by atoms with Gasteiger partial charge in [0, 0.05) is 31.4 Å². The number of carbonyl (C=O) groups excluding carboxylic acids is 1. The van der Waals surface area contributed by atoms with Crippen molar-refractivity contribution in [3.8, 4) is 0 Å². The molecule has 0 radical (unpaired) electrons. The van der Waals surface area contributed by atoms with Crippen LogP contribution in [-0.4, -0.2) is 36.8 Å². The Bertz CT molecular complexity index is 906. The average molecular weight is 374 g/mol. The van der Waals surface area contributed by atoms with E-state index in [1.165, 1.54) is 35.6 Å². The van der Waals surface area contributed by atoms with Crippen LogP contribution in [0.1, 0.15) is 5.56 Å². The molecule has 2 aromatic carbocycles. The third-order valence-electron chi connectivity index (χ3n) is 3.46. The minimum Gasteiger partial charge on any atom is -0.478 e. The number of amides is 1. The summed E-state index contributed by atoms with van der Waals surface area (Å²) in [6.45, 7) is 0.238. The van der Waals surface area contributed by atoms with Gasteiger partial charge in [0.25, 0.3) is 0 Å². The lowest BCUT2D eigenvalue weighted by molar-refractivity contribution is -0.131. The first-order valence-electron chi connectivity index (χ1n) is 7.61. The predicted octanol–water partition coefficient (Wildman–Crippen LogP) is 2.09. The van der Waals surface area contributed by atoms with E-state index in [1.807, 2.05) is 30.3 Å². The van der Waals surface area contributed by atoms with Crippen LogP contribution in [0, 0.1) is 0 Å². The number of sulfonamides is 1. The molecular weight excluding hydrogens is 356 g/mol. The number of benzene rings is 2. The molecule has 0 fully saturated rings. The lowest BCUT2D eigenvalue weighted by Gasteiger charge is -2.17. The number of carboxylic acids is 1. The Morgan fingerprint density at radius 2 is 1.65 bits per heavy atom. The van der Waals surface area contributed by atoms with Crippen molar-refractivity contribution in [2.75, 3.05) is 12.4 Å². The monoisotopic (exact) mass is 374 g/mol. The van der Waals surface area contributed by atoms with E-state index in [-0.39, 0.29) is 11.4 Å². The Morgan fingerprint density at radius 3 is 2.23 bits per heavy atom. The number of carbonyl (C=O) groups is 2. The van der Waals surface area contributed by atoms with Crippen molar-refractivity contribution in [3.63, 3.8) is 0 Å². The van der Waals surface area contributed by atoms with Crippen LogP contribution in [-0.2, 0) is 26.2 Å². The van der Waals surface area contributed by atoms with Gasteiger partial charge < -0.3 is 10.4 Å². The summed E-state index contributed by atoms with van der Waals surface area (Å²) in [7, 11) is -2.18. The van der Waals surface area contributed by atoms with Gasteiger partial charge in [-0.15, -0.1) is 0 Å². The number of nitrogens with zero attached hydrogens (tertiary/aromatic N) is 1. The molecule has 0 heterocycles. The van der Waals surface area contributed by atoms with E-state index in [2.05, 4.69) is 5.32 Å². The van der Waals surface area contributed by atoms with Gasteiger partial charge in [0.15, 0.2) is 0 Å². The van der Waals surface area contributed by atoms with Crippen molar-refractivity contribution in [2.45, 2.75) is 11.4 Å². The van der Waals surface area contributed by atoms with Crippen LogP contribution in [0.4, 0.5) is 5.69 Å². The summed E-state index contributed by atoms with van der Waals surface area (Å²) in [6.07, 6.45) is 1.59. The molecule has 26 heavy (non-hydrogen) atoms. The van der Waals surface area contributed by atoms with E-state index in [0.29, 0.717) is 11.8 Å². The van der Waals surface area contributed by atoms with Crippen LogP contribution in [0.25, 0.3) is 0 Å². The van der Waals surface area contributed by atoms with E-state index in [1.54, 1.807) is 0 Å². The van der Waals surface area contributed by atoms with Gasteiger partial charge in [-0.05, 0) is 29.8 Å². The molecule has 136 valence electrons. The largest absolute Gasteiger partial charge is 0.478 e. The number of aliphatic carboxylic acids is 1.